The summed E-state index contributed by atoms with van der Waals surface area (Å²) in [6.45, 7) is 3.90. The Hall–Kier alpha value is -0.320. The summed E-state index contributed by atoms with van der Waals surface area (Å²) >= 11 is 12.1. The first-order chi connectivity index (χ1) is 9.05. The average molecular weight is 305 g/mol. The monoisotopic (exact) mass is 304 g/mol. The van der Waals surface area contributed by atoms with Gasteiger partial charge in [0.1, 0.15) is 12.2 Å². The number of halogens is 2. The summed E-state index contributed by atoms with van der Waals surface area (Å²) in [4.78, 5) is 0. The summed E-state index contributed by atoms with van der Waals surface area (Å²) in [6, 6.07) is 5.26. The van der Waals surface area contributed by atoms with E-state index in [1.165, 1.54) is 0 Å². The van der Waals surface area contributed by atoms with Crippen molar-refractivity contribution in [1.29, 1.82) is 0 Å². The molecular weight excluding hydrogens is 287 g/mol. The Kier molecular flexibility index (Phi) is 4.75. The lowest BCUT2D eigenvalue weighted by Gasteiger charge is -2.25. The van der Waals surface area contributed by atoms with Crippen LogP contribution in [0.4, 0.5) is 0 Å². The molecule has 1 fully saturated rings. The van der Waals surface area contributed by atoms with E-state index in [-0.39, 0.29) is 12.7 Å². The van der Waals surface area contributed by atoms with Crippen LogP contribution in [0.2, 0.25) is 10.0 Å². The average Bonchev–Trinajstić information content (AvgIpc) is 2.78. The molecule has 1 N–H and O–H groups in total. The van der Waals surface area contributed by atoms with Gasteiger partial charge in [0.05, 0.1) is 6.61 Å². The van der Waals surface area contributed by atoms with Gasteiger partial charge >= 0.3 is 0 Å². The van der Waals surface area contributed by atoms with E-state index in [0.717, 1.165) is 18.4 Å². The molecule has 0 amide bonds. The Balaban J connectivity index is 2.32. The molecule has 0 radical (unpaired) electrons. The zero-order chi connectivity index (χ0) is 14.0. The van der Waals surface area contributed by atoms with Crippen LogP contribution in [-0.4, -0.2) is 23.6 Å². The molecule has 0 aliphatic carbocycles. The van der Waals surface area contributed by atoms with Crippen LogP contribution in [0.25, 0.3) is 0 Å². The number of aliphatic hydroxyl groups excluding tert-OH is 1. The summed E-state index contributed by atoms with van der Waals surface area (Å²) in [5.41, 5.74) is 0.800. The lowest BCUT2D eigenvalue weighted by Crippen LogP contribution is -2.29. The van der Waals surface area contributed by atoms with Crippen molar-refractivity contribution in [2.45, 2.75) is 44.7 Å². The molecular formula is C14H18Cl2O3. The molecule has 0 saturated carbocycles. The van der Waals surface area contributed by atoms with Crippen molar-refractivity contribution in [2.75, 3.05) is 6.61 Å². The molecule has 1 aliphatic heterocycles. The SMILES string of the molecule is CCC1(CC)O[C@@H](CO)[C@H](c2ccc(Cl)cc2Cl)O1. The second-order valence-electron chi connectivity index (χ2n) is 4.66. The maximum Gasteiger partial charge on any atom is 0.169 e. The van der Waals surface area contributed by atoms with E-state index in [0.29, 0.717) is 10.0 Å². The van der Waals surface area contributed by atoms with Crippen LogP contribution in [0.15, 0.2) is 18.2 Å². The van der Waals surface area contributed by atoms with Crippen molar-refractivity contribution in [3.63, 3.8) is 0 Å². The Bertz CT molecular complexity index is 446. The molecule has 1 aliphatic rings. The summed E-state index contributed by atoms with van der Waals surface area (Å²) in [5.74, 6) is -0.638. The van der Waals surface area contributed by atoms with Gasteiger partial charge in [-0.15, -0.1) is 0 Å². The van der Waals surface area contributed by atoms with E-state index in [1.54, 1.807) is 12.1 Å². The summed E-state index contributed by atoms with van der Waals surface area (Å²) in [7, 11) is 0. The second-order valence-corrected chi connectivity index (χ2v) is 5.50. The first-order valence-electron chi connectivity index (χ1n) is 6.46. The van der Waals surface area contributed by atoms with Gasteiger partial charge in [0.25, 0.3) is 0 Å². The van der Waals surface area contributed by atoms with Crippen molar-refractivity contribution >= 4 is 23.2 Å². The third kappa shape index (κ3) is 2.91. The normalized spacial score (nSPS) is 25.7. The van der Waals surface area contributed by atoms with Gasteiger partial charge in [-0.25, -0.2) is 0 Å². The molecule has 106 valence electrons. The molecule has 1 aromatic rings. The highest BCUT2D eigenvalue weighted by Gasteiger charge is 2.46. The fourth-order valence-electron chi connectivity index (χ4n) is 2.39. The standard InChI is InChI=1S/C14H18Cl2O3/c1-3-14(4-2)18-12(8-17)13(19-14)10-6-5-9(15)7-11(10)16/h5-7,12-13,17H,3-4,8H2,1-2H3/t12-,13-/m0/s1. The van der Waals surface area contributed by atoms with Crippen molar-refractivity contribution in [1.82, 2.24) is 0 Å². The number of benzene rings is 1. The predicted molar refractivity (Wildman–Crippen MR) is 75.6 cm³/mol. The molecule has 2 atom stereocenters. The van der Waals surface area contributed by atoms with Gasteiger partial charge in [-0.3, -0.25) is 0 Å². The highest BCUT2D eigenvalue weighted by atomic mass is 35.5. The first kappa shape index (κ1) is 15.1. The van der Waals surface area contributed by atoms with Crippen molar-refractivity contribution < 1.29 is 14.6 Å². The molecule has 1 saturated heterocycles. The Morgan fingerprint density at radius 2 is 1.89 bits per heavy atom. The van der Waals surface area contributed by atoms with Gasteiger partial charge in [-0.2, -0.15) is 0 Å². The second kappa shape index (κ2) is 5.98. The molecule has 0 unspecified atom stereocenters. The van der Waals surface area contributed by atoms with Crippen LogP contribution >= 0.6 is 23.2 Å². The largest absolute Gasteiger partial charge is 0.394 e. The smallest absolute Gasteiger partial charge is 0.169 e. The number of hydrogen-bond acceptors (Lipinski definition) is 3. The van der Waals surface area contributed by atoms with E-state index in [1.807, 2.05) is 19.9 Å². The van der Waals surface area contributed by atoms with Crippen LogP contribution in [0.3, 0.4) is 0 Å². The highest BCUT2D eigenvalue weighted by Crippen LogP contribution is 2.44. The molecule has 5 heteroatoms. The number of aliphatic hydroxyl groups is 1. The van der Waals surface area contributed by atoms with Gasteiger partial charge in [-0.05, 0) is 25.0 Å². The molecule has 0 spiro atoms. The lowest BCUT2D eigenvalue weighted by molar-refractivity contribution is -0.181. The van der Waals surface area contributed by atoms with Gasteiger partial charge < -0.3 is 14.6 Å². The van der Waals surface area contributed by atoms with Gasteiger partial charge in [0.15, 0.2) is 5.79 Å². The maximum absolute atomic E-state index is 9.49. The predicted octanol–water partition coefficient (Wildman–Crippen LogP) is 3.96. The molecule has 1 heterocycles. The van der Waals surface area contributed by atoms with Gasteiger partial charge in [0, 0.05) is 15.6 Å². The summed E-state index contributed by atoms with van der Waals surface area (Å²) in [6.07, 6.45) is 0.678. The molecule has 3 nitrogen and oxygen atoms in total. The molecule has 2 rings (SSSR count). The van der Waals surface area contributed by atoms with E-state index in [9.17, 15) is 5.11 Å². The summed E-state index contributed by atoms with van der Waals surface area (Å²) in [5, 5.41) is 10.6. The Morgan fingerprint density at radius 1 is 1.21 bits per heavy atom. The Morgan fingerprint density at radius 3 is 2.42 bits per heavy atom. The number of hydrogen-bond donors (Lipinski definition) is 1. The van der Waals surface area contributed by atoms with Crippen LogP contribution < -0.4 is 0 Å². The van der Waals surface area contributed by atoms with Gasteiger partial charge in [-0.1, -0.05) is 43.1 Å². The zero-order valence-corrected chi connectivity index (χ0v) is 12.5. The quantitative estimate of drug-likeness (QED) is 0.915. The molecule has 1 aromatic carbocycles. The maximum atomic E-state index is 9.49. The lowest BCUT2D eigenvalue weighted by atomic mass is 10.1. The fourth-order valence-corrected chi connectivity index (χ4v) is 2.90. The summed E-state index contributed by atoms with van der Waals surface area (Å²) < 4.78 is 11.9. The minimum Gasteiger partial charge on any atom is -0.394 e. The van der Waals surface area contributed by atoms with Crippen LogP contribution in [0.5, 0.6) is 0 Å². The fraction of sp³-hybridized carbons (Fsp3) is 0.571. The van der Waals surface area contributed by atoms with E-state index in [4.69, 9.17) is 32.7 Å². The van der Waals surface area contributed by atoms with Crippen molar-refractivity contribution in [3.05, 3.63) is 33.8 Å². The van der Waals surface area contributed by atoms with Crippen molar-refractivity contribution in [2.24, 2.45) is 0 Å². The molecule has 19 heavy (non-hydrogen) atoms. The minimum atomic E-state index is -0.638. The van der Waals surface area contributed by atoms with Crippen LogP contribution in [0.1, 0.15) is 38.4 Å². The first-order valence-corrected chi connectivity index (χ1v) is 7.22. The van der Waals surface area contributed by atoms with E-state index >= 15 is 0 Å². The minimum absolute atomic E-state index is 0.106. The van der Waals surface area contributed by atoms with Crippen LogP contribution in [0, 0.1) is 0 Å². The van der Waals surface area contributed by atoms with Gasteiger partial charge in [0.2, 0.25) is 0 Å². The zero-order valence-electron chi connectivity index (χ0n) is 11.0. The third-order valence-corrected chi connectivity index (χ3v) is 4.13. The van der Waals surface area contributed by atoms with Crippen molar-refractivity contribution in [3.8, 4) is 0 Å². The number of rotatable bonds is 4. The third-order valence-electron chi connectivity index (χ3n) is 3.57. The molecule has 0 bridgehead atoms. The van der Waals surface area contributed by atoms with Crippen LogP contribution in [-0.2, 0) is 9.47 Å². The number of ether oxygens (including phenoxy) is 2. The highest BCUT2D eigenvalue weighted by molar-refractivity contribution is 6.35. The topological polar surface area (TPSA) is 38.7 Å². The van der Waals surface area contributed by atoms with E-state index < -0.39 is 11.9 Å². The van der Waals surface area contributed by atoms with E-state index in [2.05, 4.69) is 0 Å². The molecule has 0 aromatic heterocycles. The Labute approximate surface area is 123 Å².